The van der Waals surface area contributed by atoms with Gasteiger partial charge in [-0.05, 0) is 30.0 Å². The number of carbonyl (C=O) groups is 2. The molecule has 0 bridgehead atoms. The first-order valence-corrected chi connectivity index (χ1v) is 9.39. The van der Waals surface area contributed by atoms with Crippen LogP contribution in [0.15, 0.2) is 22.4 Å². The molecule has 1 aliphatic heterocycles. The molecule has 1 aromatic heterocycles. The third-order valence-electron chi connectivity index (χ3n) is 4.07. The SMILES string of the molecule is CCSC1=C(c2cccs2)C(=O)N(C2CCCCC2)C1=O. The fourth-order valence-electron chi connectivity index (χ4n) is 3.11. The Kier molecular flexibility index (Phi) is 4.50. The summed E-state index contributed by atoms with van der Waals surface area (Å²) in [4.78, 5) is 28.7. The summed E-state index contributed by atoms with van der Waals surface area (Å²) >= 11 is 3.03. The van der Waals surface area contributed by atoms with Gasteiger partial charge in [0.1, 0.15) is 0 Å². The Bertz CT molecular complexity index is 571. The van der Waals surface area contributed by atoms with Crippen LogP contribution in [0.4, 0.5) is 0 Å². The number of hydrogen-bond donors (Lipinski definition) is 0. The highest BCUT2D eigenvalue weighted by Gasteiger charge is 2.43. The van der Waals surface area contributed by atoms with Crippen molar-refractivity contribution in [1.29, 1.82) is 0 Å². The second-order valence-corrected chi connectivity index (χ2v) is 7.61. The summed E-state index contributed by atoms with van der Waals surface area (Å²) in [6, 6.07) is 3.97. The van der Waals surface area contributed by atoms with Crippen LogP contribution < -0.4 is 0 Å². The summed E-state index contributed by atoms with van der Waals surface area (Å²) in [5.41, 5.74) is 0.632. The minimum absolute atomic E-state index is 0.0675. The maximum atomic E-state index is 12.8. The maximum Gasteiger partial charge on any atom is 0.268 e. The average Bonchev–Trinajstić information content (AvgIpc) is 3.09. The van der Waals surface area contributed by atoms with Crippen molar-refractivity contribution in [3.05, 3.63) is 27.3 Å². The molecule has 0 unspecified atom stereocenters. The van der Waals surface area contributed by atoms with Crippen molar-refractivity contribution in [2.75, 3.05) is 5.75 Å². The van der Waals surface area contributed by atoms with Gasteiger partial charge < -0.3 is 0 Å². The van der Waals surface area contributed by atoms with Crippen molar-refractivity contribution in [2.45, 2.75) is 45.1 Å². The number of carbonyl (C=O) groups excluding carboxylic acids is 2. The zero-order valence-electron chi connectivity index (χ0n) is 12.1. The molecule has 1 aliphatic carbocycles. The largest absolute Gasteiger partial charge is 0.271 e. The normalized spacial score (nSPS) is 20.7. The predicted molar refractivity (Wildman–Crippen MR) is 88.1 cm³/mol. The zero-order chi connectivity index (χ0) is 14.8. The van der Waals surface area contributed by atoms with Gasteiger partial charge in [0, 0.05) is 10.9 Å². The van der Waals surface area contributed by atoms with Crippen molar-refractivity contribution in [1.82, 2.24) is 4.90 Å². The van der Waals surface area contributed by atoms with E-state index in [1.165, 1.54) is 29.5 Å². The summed E-state index contributed by atoms with van der Waals surface area (Å²) < 4.78 is 0. The number of hydrogen-bond acceptors (Lipinski definition) is 4. The van der Waals surface area contributed by atoms with Gasteiger partial charge in [0.25, 0.3) is 11.8 Å². The molecule has 3 rings (SSSR count). The summed E-state index contributed by atoms with van der Waals surface area (Å²) in [5.74, 6) is 0.661. The van der Waals surface area contributed by atoms with Gasteiger partial charge in [-0.1, -0.05) is 32.3 Å². The summed E-state index contributed by atoms with van der Waals surface area (Å²) in [7, 11) is 0. The van der Waals surface area contributed by atoms with Crippen LogP contribution in [0.5, 0.6) is 0 Å². The van der Waals surface area contributed by atoms with Gasteiger partial charge in [-0.15, -0.1) is 23.1 Å². The molecule has 3 nitrogen and oxygen atoms in total. The molecule has 0 saturated heterocycles. The Balaban J connectivity index is 1.95. The lowest BCUT2D eigenvalue weighted by Gasteiger charge is -2.29. The predicted octanol–water partition coefficient (Wildman–Crippen LogP) is 3.91. The number of nitrogens with zero attached hydrogens (tertiary/aromatic N) is 1. The molecule has 112 valence electrons. The molecule has 0 spiro atoms. The van der Waals surface area contributed by atoms with Crippen LogP contribution in [0.25, 0.3) is 5.57 Å². The van der Waals surface area contributed by atoms with Gasteiger partial charge in [-0.25, -0.2) is 0 Å². The third kappa shape index (κ3) is 2.69. The molecule has 2 heterocycles. The van der Waals surface area contributed by atoms with Gasteiger partial charge in [0.2, 0.25) is 0 Å². The first kappa shape index (κ1) is 14.9. The molecule has 1 saturated carbocycles. The van der Waals surface area contributed by atoms with E-state index in [-0.39, 0.29) is 17.9 Å². The monoisotopic (exact) mass is 321 g/mol. The van der Waals surface area contributed by atoms with E-state index in [2.05, 4.69) is 0 Å². The number of imide groups is 1. The molecule has 0 N–H and O–H groups in total. The van der Waals surface area contributed by atoms with Gasteiger partial charge in [-0.2, -0.15) is 0 Å². The second-order valence-electron chi connectivity index (χ2n) is 5.39. The van der Waals surface area contributed by atoms with Crippen molar-refractivity contribution in [3.63, 3.8) is 0 Å². The topological polar surface area (TPSA) is 37.4 Å². The first-order chi connectivity index (χ1) is 10.2. The van der Waals surface area contributed by atoms with Crippen molar-refractivity contribution >= 4 is 40.5 Å². The lowest BCUT2D eigenvalue weighted by molar-refractivity contribution is -0.139. The van der Waals surface area contributed by atoms with Gasteiger partial charge in [-0.3, -0.25) is 14.5 Å². The molecule has 2 aliphatic rings. The van der Waals surface area contributed by atoms with Crippen molar-refractivity contribution < 1.29 is 9.59 Å². The molecule has 0 atom stereocenters. The Morgan fingerprint density at radius 2 is 2.00 bits per heavy atom. The Labute approximate surface area is 133 Å². The molecule has 0 radical (unpaired) electrons. The van der Waals surface area contributed by atoms with E-state index in [9.17, 15) is 9.59 Å². The third-order valence-corrected chi connectivity index (χ3v) is 5.91. The van der Waals surface area contributed by atoms with E-state index in [0.717, 1.165) is 36.3 Å². The number of rotatable bonds is 4. The van der Waals surface area contributed by atoms with Crippen LogP contribution in [0.3, 0.4) is 0 Å². The summed E-state index contributed by atoms with van der Waals surface area (Å²) in [6.07, 6.45) is 5.37. The number of thiophene rings is 1. The highest BCUT2D eigenvalue weighted by Crippen LogP contribution is 2.40. The summed E-state index contributed by atoms with van der Waals surface area (Å²) in [5, 5.41) is 1.96. The van der Waals surface area contributed by atoms with E-state index in [4.69, 9.17) is 0 Å². The van der Waals surface area contributed by atoms with E-state index in [0.29, 0.717) is 10.5 Å². The molecule has 1 fully saturated rings. The van der Waals surface area contributed by atoms with Gasteiger partial charge in [0.15, 0.2) is 0 Å². The Morgan fingerprint density at radius 1 is 1.24 bits per heavy atom. The van der Waals surface area contributed by atoms with Crippen LogP contribution in [0.2, 0.25) is 0 Å². The number of amides is 2. The zero-order valence-corrected chi connectivity index (χ0v) is 13.8. The highest BCUT2D eigenvalue weighted by atomic mass is 32.2. The fraction of sp³-hybridized carbons (Fsp3) is 0.500. The molecule has 0 aromatic carbocycles. The van der Waals surface area contributed by atoms with Gasteiger partial charge in [0.05, 0.1) is 10.5 Å². The minimum atomic E-state index is -0.0784. The minimum Gasteiger partial charge on any atom is -0.271 e. The smallest absolute Gasteiger partial charge is 0.268 e. The van der Waals surface area contributed by atoms with E-state index in [1.54, 1.807) is 4.90 Å². The Morgan fingerprint density at radius 3 is 2.62 bits per heavy atom. The van der Waals surface area contributed by atoms with Crippen LogP contribution in [-0.4, -0.2) is 28.5 Å². The van der Waals surface area contributed by atoms with E-state index >= 15 is 0 Å². The van der Waals surface area contributed by atoms with Crippen LogP contribution >= 0.6 is 23.1 Å². The molecule has 1 aromatic rings. The number of thioether (sulfide) groups is 1. The van der Waals surface area contributed by atoms with Crippen molar-refractivity contribution in [3.8, 4) is 0 Å². The van der Waals surface area contributed by atoms with Crippen LogP contribution in [0.1, 0.15) is 43.9 Å². The standard InChI is InChI=1S/C16H19NO2S2/c1-2-20-14-13(12-9-6-10-21-12)15(18)17(16(14)19)11-7-4-3-5-8-11/h6,9-11H,2-5,7-8H2,1H3. The van der Waals surface area contributed by atoms with E-state index in [1.807, 2.05) is 24.4 Å². The lowest BCUT2D eigenvalue weighted by Crippen LogP contribution is -2.42. The molecule has 21 heavy (non-hydrogen) atoms. The first-order valence-electron chi connectivity index (χ1n) is 7.53. The quantitative estimate of drug-likeness (QED) is 0.789. The highest BCUT2D eigenvalue weighted by molar-refractivity contribution is 8.04. The molecular weight excluding hydrogens is 302 g/mol. The molecule has 5 heteroatoms. The molecular formula is C16H19NO2S2. The van der Waals surface area contributed by atoms with Crippen LogP contribution in [-0.2, 0) is 9.59 Å². The molecule has 2 amide bonds. The van der Waals surface area contributed by atoms with Gasteiger partial charge >= 0.3 is 0 Å². The van der Waals surface area contributed by atoms with Crippen LogP contribution in [0, 0.1) is 0 Å². The summed E-state index contributed by atoms with van der Waals surface area (Å²) in [6.45, 7) is 2.02. The Hall–Kier alpha value is -1.07. The average molecular weight is 321 g/mol. The lowest BCUT2D eigenvalue weighted by atomic mass is 9.94. The van der Waals surface area contributed by atoms with Crippen molar-refractivity contribution in [2.24, 2.45) is 0 Å². The fourth-order valence-corrected chi connectivity index (χ4v) is 4.80. The second kappa shape index (κ2) is 6.36. The van der Waals surface area contributed by atoms with E-state index < -0.39 is 0 Å². The maximum absolute atomic E-state index is 12.8.